The van der Waals surface area contributed by atoms with Crippen molar-refractivity contribution in [2.24, 2.45) is 0 Å². The standard InChI is InChI=1S/C14H24N2O2/c1-11(2)15-9-13-10-16-12(3)8-14(13)18-7-5-6-17-4/h8,10-11,15H,5-7,9H2,1-4H3. The van der Waals surface area contributed by atoms with Crippen molar-refractivity contribution in [2.75, 3.05) is 20.3 Å². The van der Waals surface area contributed by atoms with Crippen LogP contribution >= 0.6 is 0 Å². The van der Waals surface area contributed by atoms with Crippen LogP contribution in [0.1, 0.15) is 31.5 Å². The van der Waals surface area contributed by atoms with Crippen LogP contribution in [0.3, 0.4) is 0 Å². The summed E-state index contributed by atoms with van der Waals surface area (Å²) < 4.78 is 10.8. The highest BCUT2D eigenvalue weighted by Gasteiger charge is 2.06. The first-order valence-electron chi connectivity index (χ1n) is 6.44. The van der Waals surface area contributed by atoms with Gasteiger partial charge in [-0.1, -0.05) is 13.8 Å². The van der Waals surface area contributed by atoms with E-state index in [1.54, 1.807) is 7.11 Å². The van der Waals surface area contributed by atoms with E-state index < -0.39 is 0 Å². The maximum atomic E-state index is 5.79. The predicted molar refractivity (Wildman–Crippen MR) is 72.9 cm³/mol. The monoisotopic (exact) mass is 252 g/mol. The molecule has 4 heteroatoms. The van der Waals surface area contributed by atoms with Crippen molar-refractivity contribution in [2.45, 2.75) is 39.8 Å². The lowest BCUT2D eigenvalue weighted by molar-refractivity contribution is 0.171. The fourth-order valence-electron chi connectivity index (χ4n) is 1.53. The summed E-state index contributed by atoms with van der Waals surface area (Å²) in [5.41, 5.74) is 2.08. The van der Waals surface area contributed by atoms with E-state index in [1.165, 1.54) is 0 Å². The van der Waals surface area contributed by atoms with Crippen molar-refractivity contribution in [3.05, 3.63) is 23.5 Å². The van der Waals surface area contributed by atoms with Crippen molar-refractivity contribution in [1.82, 2.24) is 10.3 Å². The van der Waals surface area contributed by atoms with E-state index in [-0.39, 0.29) is 0 Å². The highest BCUT2D eigenvalue weighted by atomic mass is 16.5. The fraction of sp³-hybridized carbons (Fsp3) is 0.643. The molecule has 1 heterocycles. The van der Waals surface area contributed by atoms with E-state index >= 15 is 0 Å². The lowest BCUT2D eigenvalue weighted by atomic mass is 10.2. The molecule has 4 nitrogen and oxygen atoms in total. The maximum absolute atomic E-state index is 5.79. The molecule has 0 aliphatic heterocycles. The summed E-state index contributed by atoms with van der Waals surface area (Å²) in [6, 6.07) is 2.44. The number of pyridine rings is 1. The van der Waals surface area contributed by atoms with Gasteiger partial charge in [0, 0.05) is 56.2 Å². The molecule has 1 aromatic rings. The molecule has 0 aliphatic rings. The summed E-state index contributed by atoms with van der Waals surface area (Å²) in [7, 11) is 1.70. The number of ether oxygens (including phenoxy) is 2. The number of rotatable bonds is 8. The predicted octanol–water partition coefficient (Wildman–Crippen LogP) is 2.30. The molecular weight excluding hydrogens is 228 g/mol. The molecule has 1 rings (SSSR count). The first-order valence-corrected chi connectivity index (χ1v) is 6.44. The summed E-state index contributed by atoms with van der Waals surface area (Å²) in [5.74, 6) is 0.923. The highest BCUT2D eigenvalue weighted by Crippen LogP contribution is 2.18. The van der Waals surface area contributed by atoms with Crippen LogP contribution in [0.25, 0.3) is 0 Å². The molecule has 0 unspecified atom stereocenters. The second-order valence-electron chi connectivity index (χ2n) is 4.66. The van der Waals surface area contributed by atoms with E-state index in [0.29, 0.717) is 12.6 Å². The summed E-state index contributed by atoms with van der Waals surface area (Å²) in [4.78, 5) is 4.32. The Morgan fingerprint density at radius 2 is 2.11 bits per heavy atom. The van der Waals surface area contributed by atoms with Crippen LogP contribution in [0.15, 0.2) is 12.3 Å². The van der Waals surface area contributed by atoms with Gasteiger partial charge in [-0.25, -0.2) is 0 Å². The molecule has 0 aliphatic carbocycles. The molecular formula is C14H24N2O2. The van der Waals surface area contributed by atoms with E-state index in [2.05, 4.69) is 24.1 Å². The molecule has 0 aromatic carbocycles. The molecule has 0 atom stereocenters. The lowest BCUT2D eigenvalue weighted by Crippen LogP contribution is -2.22. The Bertz CT molecular complexity index is 354. The number of aryl methyl sites for hydroxylation is 1. The molecule has 0 spiro atoms. The third kappa shape index (κ3) is 5.47. The van der Waals surface area contributed by atoms with Crippen LogP contribution in [0.2, 0.25) is 0 Å². The Hall–Kier alpha value is -1.13. The first-order chi connectivity index (χ1) is 8.63. The molecule has 0 saturated carbocycles. The molecule has 0 saturated heterocycles. The van der Waals surface area contributed by atoms with Gasteiger partial charge in [-0.3, -0.25) is 4.98 Å². The number of nitrogens with zero attached hydrogens (tertiary/aromatic N) is 1. The van der Waals surface area contributed by atoms with E-state index in [0.717, 1.165) is 36.6 Å². The Morgan fingerprint density at radius 1 is 1.33 bits per heavy atom. The lowest BCUT2D eigenvalue weighted by Gasteiger charge is -2.14. The molecule has 102 valence electrons. The zero-order valence-electron chi connectivity index (χ0n) is 11.8. The number of methoxy groups -OCH3 is 1. The van der Waals surface area contributed by atoms with Gasteiger partial charge in [-0.2, -0.15) is 0 Å². The van der Waals surface area contributed by atoms with Crippen molar-refractivity contribution in [1.29, 1.82) is 0 Å². The third-order valence-corrected chi connectivity index (χ3v) is 2.53. The zero-order valence-corrected chi connectivity index (χ0v) is 11.8. The molecule has 0 radical (unpaired) electrons. The van der Waals surface area contributed by atoms with Crippen LogP contribution in [0.5, 0.6) is 5.75 Å². The third-order valence-electron chi connectivity index (χ3n) is 2.53. The van der Waals surface area contributed by atoms with Gasteiger partial charge in [-0.05, 0) is 6.92 Å². The van der Waals surface area contributed by atoms with Gasteiger partial charge in [0.25, 0.3) is 0 Å². The van der Waals surface area contributed by atoms with Gasteiger partial charge in [0.2, 0.25) is 0 Å². The Balaban J connectivity index is 2.58. The summed E-state index contributed by atoms with van der Waals surface area (Å²) >= 11 is 0. The molecule has 0 bridgehead atoms. The Kier molecular flexibility index (Phi) is 6.68. The Morgan fingerprint density at radius 3 is 2.78 bits per heavy atom. The van der Waals surface area contributed by atoms with Crippen molar-refractivity contribution >= 4 is 0 Å². The minimum absolute atomic E-state index is 0.452. The van der Waals surface area contributed by atoms with Crippen LogP contribution in [-0.4, -0.2) is 31.3 Å². The largest absolute Gasteiger partial charge is 0.493 e. The minimum Gasteiger partial charge on any atom is -0.493 e. The maximum Gasteiger partial charge on any atom is 0.127 e. The molecule has 1 aromatic heterocycles. The Labute approximate surface area is 110 Å². The number of hydrogen-bond donors (Lipinski definition) is 1. The topological polar surface area (TPSA) is 43.4 Å². The van der Waals surface area contributed by atoms with Crippen molar-refractivity contribution in [3.63, 3.8) is 0 Å². The van der Waals surface area contributed by atoms with Crippen molar-refractivity contribution in [3.8, 4) is 5.75 Å². The van der Waals surface area contributed by atoms with Gasteiger partial charge in [0.15, 0.2) is 0 Å². The molecule has 0 amide bonds. The molecule has 18 heavy (non-hydrogen) atoms. The number of nitrogens with one attached hydrogen (secondary N) is 1. The highest BCUT2D eigenvalue weighted by molar-refractivity contribution is 5.32. The van der Waals surface area contributed by atoms with Gasteiger partial charge in [0.1, 0.15) is 5.75 Å². The van der Waals surface area contributed by atoms with Gasteiger partial charge in [0.05, 0.1) is 6.61 Å². The fourth-order valence-corrected chi connectivity index (χ4v) is 1.53. The number of hydrogen-bond acceptors (Lipinski definition) is 4. The van der Waals surface area contributed by atoms with Crippen molar-refractivity contribution < 1.29 is 9.47 Å². The van der Waals surface area contributed by atoms with Crippen LogP contribution < -0.4 is 10.1 Å². The molecule has 0 fully saturated rings. The van der Waals surface area contributed by atoms with E-state index in [1.807, 2.05) is 19.2 Å². The first kappa shape index (κ1) is 14.9. The zero-order chi connectivity index (χ0) is 13.4. The van der Waals surface area contributed by atoms with Crippen LogP contribution in [-0.2, 0) is 11.3 Å². The van der Waals surface area contributed by atoms with E-state index in [4.69, 9.17) is 9.47 Å². The second-order valence-corrected chi connectivity index (χ2v) is 4.66. The molecule has 1 N–H and O–H groups in total. The summed E-state index contributed by atoms with van der Waals surface area (Å²) in [5, 5.41) is 3.38. The van der Waals surface area contributed by atoms with Gasteiger partial charge >= 0.3 is 0 Å². The smallest absolute Gasteiger partial charge is 0.127 e. The summed E-state index contributed by atoms with van der Waals surface area (Å²) in [6.07, 6.45) is 2.78. The van der Waals surface area contributed by atoms with Gasteiger partial charge in [-0.15, -0.1) is 0 Å². The van der Waals surface area contributed by atoms with E-state index in [9.17, 15) is 0 Å². The average Bonchev–Trinajstić information content (AvgIpc) is 2.33. The quantitative estimate of drug-likeness (QED) is 0.721. The number of aromatic nitrogens is 1. The summed E-state index contributed by atoms with van der Waals surface area (Å²) in [6.45, 7) is 8.41. The normalized spacial score (nSPS) is 10.9. The van der Waals surface area contributed by atoms with Crippen LogP contribution in [0, 0.1) is 6.92 Å². The SMILES string of the molecule is COCCCOc1cc(C)ncc1CNC(C)C. The van der Waals surface area contributed by atoms with Gasteiger partial charge < -0.3 is 14.8 Å². The average molecular weight is 252 g/mol. The van der Waals surface area contributed by atoms with Crippen LogP contribution in [0.4, 0.5) is 0 Å². The second kappa shape index (κ2) is 8.06. The minimum atomic E-state index is 0.452.